The van der Waals surface area contributed by atoms with E-state index >= 15 is 0 Å². The van der Waals surface area contributed by atoms with Gasteiger partial charge in [0, 0.05) is 16.0 Å². The van der Waals surface area contributed by atoms with E-state index in [1.807, 2.05) is 38.1 Å². The van der Waals surface area contributed by atoms with E-state index in [0.29, 0.717) is 11.7 Å². The highest BCUT2D eigenvalue weighted by Gasteiger charge is 2.30. The van der Waals surface area contributed by atoms with Crippen molar-refractivity contribution in [2.75, 3.05) is 0 Å². The van der Waals surface area contributed by atoms with Crippen LogP contribution in [-0.4, -0.2) is 16.0 Å². The predicted octanol–water partition coefficient (Wildman–Crippen LogP) is 4.11. The van der Waals surface area contributed by atoms with Gasteiger partial charge in [-0.15, -0.1) is 0 Å². The number of hydrogen-bond acceptors (Lipinski definition) is 4. The molecule has 1 N–H and O–H groups in total. The summed E-state index contributed by atoms with van der Waals surface area (Å²) in [4.78, 5) is 16.7. The highest BCUT2D eigenvalue weighted by Crippen LogP contribution is 2.29. The lowest BCUT2D eigenvalue weighted by molar-refractivity contribution is -0.128. The van der Waals surface area contributed by atoms with Crippen LogP contribution in [0.2, 0.25) is 0 Å². The Morgan fingerprint density at radius 1 is 1.30 bits per heavy atom. The van der Waals surface area contributed by atoms with Crippen molar-refractivity contribution in [2.24, 2.45) is 11.8 Å². The van der Waals surface area contributed by atoms with Crippen LogP contribution in [0.25, 0.3) is 11.4 Å². The Hall–Kier alpha value is -1.69. The first-order valence-corrected chi connectivity index (χ1v) is 8.74. The average Bonchev–Trinajstić information content (AvgIpc) is 2.92. The molecular weight excluding hydrogens is 358 g/mol. The minimum absolute atomic E-state index is 0.0957. The van der Waals surface area contributed by atoms with Gasteiger partial charge in [-0.3, -0.25) is 4.79 Å². The third-order valence-electron chi connectivity index (χ3n) is 4.25. The number of carbonyl (C=O) groups is 1. The third-order valence-corrected chi connectivity index (χ3v) is 4.78. The van der Waals surface area contributed by atoms with Crippen LogP contribution in [0.5, 0.6) is 0 Å². The maximum atomic E-state index is 12.2. The molecule has 1 aliphatic rings. The number of benzene rings is 1. The molecule has 122 valence electrons. The van der Waals surface area contributed by atoms with E-state index in [4.69, 9.17) is 4.52 Å². The maximum absolute atomic E-state index is 12.2. The van der Waals surface area contributed by atoms with Gasteiger partial charge in [-0.05, 0) is 43.0 Å². The Bertz CT molecular complexity index is 677. The van der Waals surface area contributed by atoms with Crippen LogP contribution in [0.1, 0.15) is 45.0 Å². The lowest BCUT2D eigenvalue weighted by atomic mass is 9.84. The first-order valence-electron chi connectivity index (χ1n) is 7.94. The zero-order chi connectivity index (χ0) is 16.4. The molecule has 3 rings (SSSR count). The Morgan fingerprint density at radius 2 is 2.00 bits per heavy atom. The van der Waals surface area contributed by atoms with Crippen LogP contribution in [-0.2, 0) is 4.79 Å². The number of nitrogens with zero attached hydrogens (tertiary/aromatic N) is 2. The zero-order valence-electron chi connectivity index (χ0n) is 13.3. The van der Waals surface area contributed by atoms with E-state index in [1.54, 1.807) is 0 Å². The molecule has 1 unspecified atom stereocenters. The highest BCUT2D eigenvalue weighted by atomic mass is 79.9. The highest BCUT2D eigenvalue weighted by molar-refractivity contribution is 9.10. The minimum Gasteiger partial charge on any atom is -0.344 e. The number of amides is 1. The first-order chi connectivity index (χ1) is 11.0. The summed E-state index contributed by atoms with van der Waals surface area (Å²) in [5.74, 6) is 1.42. The van der Waals surface area contributed by atoms with Gasteiger partial charge in [-0.25, -0.2) is 0 Å². The normalized spacial score (nSPS) is 16.2. The summed E-state index contributed by atoms with van der Waals surface area (Å²) in [6.07, 6.45) is 3.09. The van der Waals surface area contributed by atoms with E-state index < -0.39 is 0 Å². The van der Waals surface area contributed by atoms with Gasteiger partial charge in [0.1, 0.15) is 6.04 Å². The zero-order valence-corrected chi connectivity index (χ0v) is 14.8. The van der Waals surface area contributed by atoms with Gasteiger partial charge >= 0.3 is 0 Å². The second-order valence-electron chi connectivity index (χ2n) is 6.32. The number of aromatic nitrogens is 2. The molecule has 1 aliphatic carbocycles. The molecule has 1 saturated carbocycles. The molecular formula is C17H20BrN3O2. The van der Waals surface area contributed by atoms with Crippen LogP contribution in [0, 0.1) is 11.8 Å². The summed E-state index contributed by atoms with van der Waals surface area (Å²) in [6, 6.07) is 7.47. The standard InChI is InChI=1S/C17H20BrN3O2/c1-10(2)14(19-16(22)12-4-3-5-12)17-20-15(21-23-17)11-6-8-13(18)9-7-11/h6-10,12,14H,3-5H2,1-2H3,(H,19,22). The lowest BCUT2D eigenvalue weighted by Crippen LogP contribution is -2.38. The summed E-state index contributed by atoms with van der Waals surface area (Å²) < 4.78 is 6.42. The molecule has 1 aromatic carbocycles. The monoisotopic (exact) mass is 377 g/mol. The summed E-state index contributed by atoms with van der Waals surface area (Å²) in [6.45, 7) is 4.07. The van der Waals surface area contributed by atoms with Gasteiger partial charge in [0.15, 0.2) is 0 Å². The smallest absolute Gasteiger partial charge is 0.249 e. The van der Waals surface area contributed by atoms with Crippen LogP contribution in [0.4, 0.5) is 0 Å². The minimum atomic E-state index is -0.250. The molecule has 0 bridgehead atoms. The molecule has 23 heavy (non-hydrogen) atoms. The summed E-state index contributed by atoms with van der Waals surface area (Å²) in [5, 5.41) is 7.12. The summed E-state index contributed by atoms with van der Waals surface area (Å²) >= 11 is 3.41. The number of rotatable bonds is 5. The first kappa shape index (κ1) is 16.2. The molecule has 0 radical (unpaired) electrons. The molecule has 0 aliphatic heterocycles. The molecule has 1 atom stereocenters. The Labute approximate surface area is 144 Å². The van der Waals surface area contributed by atoms with E-state index in [1.165, 1.54) is 0 Å². The van der Waals surface area contributed by atoms with E-state index in [0.717, 1.165) is 29.3 Å². The molecule has 0 saturated heterocycles. The molecule has 6 heteroatoms. The lowest BCUT2D eigenvalue weighted by Gasteiger charge is -2.27. The van der Waals surface area contributed by atoms with Crippen molar-refractivity contribution in [2.45, 2.75) is 39.2 Å². The number of nitrogens with one attached hydrogen (secondary N) is 1. The second kappa shape index (κ2) is 6.83. The third kappa shape index (κ3) is 3.63. The van der Waals surface area contributed by atoms with Crippen LogP contribution in [0.3, 0.4) is 0 Å². The summed E-state index contributed by atoms with van der Waals surface area (Å²) in [5.41, 5.74) is 0.885. The van der Waals surface area contributed by atoms with E-state index in [9.17, 15) is 4.79 Å². The van der Waals surface area contributed by atoms with Crippen molar-refractivity contribution < 1.29 is 9.32 Å². The van der Waals surface area contributed by atoms with Gasteiger partial charge in [0.2, 0.25) is 17.6 Å². The Balaban J connectivity index is 1.77. The fourth-order valence-corrected chi connectivity index (χ4v) is 2.80. The predicted molar refractivity (Wildman–Crippen MR) is 90.5 cm³/mol. The fourth-order valence-electron chi connectivity index (χ4n) is 2.53. The van der Waals surface area contributed by atoms with E-state index in [2.05, 4.69) is 31.4 Å². The molecule has 2 aromatic rings. The van der Waals surface area contributed by atoms with Crippen molar-refractivity contribution in [3.63, 3.8) is 0 Å². The number of hydrogen-bond donors (Lipinski definition) is 1. The average molecular weight is 378 g/mol. The Morgan fingerprint density at radius 3 is 2.57 bits per heavy atom. The largest absolute Gasteiger partial charge is 0.344 e. The van der Waals surface area contributed by atoms with Crippen LogP contribution >= 0.6 is 15.9 Å². The Kier molecular flexibility index (Phi) is 4.80. The molecule has 1 aromatic heterocycles. The topological polar surface area (TPSA) is 68.0 Å². The van der Waals surface area contributed by atoms with Crippen molar-refractivity contribution in [3.05, 3.63) is 34.6 Å². The molecule has 1 heterocycles. The van der Waals surface area contributed by atoms with Crippen molar-refractivity contribution in [1.82, 2.24) is 15.5 Å². The maximum Gasteiger partial charge on any atom is 0.249 e. The summed E-state index contributed by atoms with van der Waals surface area (Å²) in [7, 11) is 0. The molecule has 5 nitrogen and oxygen atoms in total. The van der Waals surface area contributed by atoms with Crippen molar-refractivity contribution in [3.8, 4) is 11.4 Å². The van der Waals surface area contributed by atoms with Crippen LogP contribution < -0.4 is 5.32 Å². The molecule has 0 spiro atoms. The number of halogens is 1. The van der Waals surface area contributed by atoms with Gasteiger partial charge < -0.3 is 9.84 Å². The van der Waals surface area contributed by atoms with Crippen LogP contribution in [0.15, 0.2) is 33.3 Å². The van der Waals surface area contributed by atoms with Crippen molar-refractivity contribution >= 4 is 21.8 Å². The van der Waals surface area contributed by atoms with E-state index in [-0.39, 0.29) is 23.8 Å². The van der Waals surface area contributed by atoms with Gasteiger partial charge in [0.25, 0.3) is 0 Å². The molecule has 1 amide bonds. The van der Waals surface area contributed by atoms with Gasteiger partial charge in [0.05, 0.1) is 0 Å². The van der Waals surface area contributed by atoms with Gasteiger partial charge in [-0.1, -0.05) is 41.4 Å². The van der Waals surface area contributed by atoms with Crippen molar-refractivity contribution in [1.29, 1.82) is 0 Å². The quantitative estimate of drug-likeness (QED) is 0.850. The fraction of sp³-hybridized carbons (Fsp3) is 0.471. The second-order valence-corrected chi connectivity index (χ2v) is 7.24. The molecule has 1 fully saturated rings. The SMILES string of the molecule is CC(C)C(NC(=O)C1CCC1)c1nc(-c2ccc(Br)cc2)no1. The van der Waals surface area contributed by atoms with Gasteiger partial charge in [-0.2, -0.15) is 4.98 Å². The number of carbonyl (C=O) groups excluding carboxylic acids is 1.